The van der Waals surface area contributed by atoms with Crippen molar-refractivity contribution in [2.45, 2.75) is 39.0 Å². The van der Waals surface area contributed by atoms with Crippen molar-refractivity contribution in [1.82, 2.24) is 4.90 Å². The Hall–Kier alpha value is -2.04. The Morgan fingerprint density at radius 3 is 2.48 bits per heavy atom. The summed E-state index contributed by atoms with van der Waals surface area (Å²) in [6, 6.07) is 8.00. The van der Waals surface area contributed by atoms with Gasteiger partial charge in [-0.05, 0) is 49.3 Å². The first kappa shape index (κ1) is 19.3. The minimum Gasteiger partial charge on any atom is -0.497 e. The maximum atomic E-state index is 12.7. The Labute approximate surface area is 150 Å². The van der Waals surface area contributed by atoms with Gasteiger partial charge in [-0.25, -0.2) is 0 Å². The van der Waals surface area contributed by atoms with Crippen molar-refractivity contribution < 1.29 is 19.4 Å². The molecule has 0 aliphatic heterocycles. The van der Waals surface area contributed by atoms with Crippen molar-refractivity contribution in [2.75, 3.05) is 20.7 Å². The number of hydrogen-bond acceptors (Lipinski definition) is 3. The number of hydrogen-bond donors (Lipinski definition) is 1. The van der Waals surface area contributed by atoms with E-state index in [2.05, 4.69) is 19.1 Å². The Morgan fingerprint density at radius 2 is 1.88 bits per heavy atom. The molecule has 3 unspecified atom stereocenters. The number of ether oxygens (including phenoxy) is 1. The first-order chi connectivity index (χ1) is 11.9. The van der Waals surface area contributed by atoms with Crippen LogP contribution in [0.5, 0.6) is 5.75 Å². The number of carbonyl (C=O) groups excluding carboxylic acids is 1. The molecule has 0 spiro atoms. The molecule has 0 aromatic heterocycles. The number of benzene rings is 1. The van der Waals surface area contributed by atoms with Gasteiger partial charge in [-0.1, -0.05) is 25.5 Å². The average molecular weight is 347 g/mol. The summed E-state index contributed by atoms with van der Waals surface area (Å²) in [5, 5.41) is 9.19. The van der Waals surface area contributed by atoms with E-state index < -0.39 is 5.97 Å². The zero-order chi connectivity index (χ0) is 18.4. The number of carboxylic acids is 1. The summed E-state index contributed by atoms with van der Waals surface area (Å²) in [5.74, 6) is -0.0170. The van der Waals surface area contributed by atoms with E-state index >= 15 is 0 Å². The van der Waals surface area contributed by atoms with Gasteiger partial charge in [0.1, 0.15) is 5.75 Å². The lowest BCUT2D eigenvalue weighted by Crippen LogP contribution is -2.39. The van der Waals surface area contributed by atoms with Crippen molar-refractivity contribution in [3.8, 4) is 5.75 Å². The summed E-state index contributed by atoms with van der Waals surface area (Å²) in [5.41, 5.74) is 1.22. The van der Waals surface area contributed by atoms with Crippen LogP contribution in [0, 0.1) is 17.8 Å². The van der Waals surface area contributed by atoms with Crippen molar-refractivity contribution in [2.24, 2.45) is 17.8 Å². The molecular weight excluding hydrogens is 318 g/mol. The van der Waals surface area contributed by atoms with Crippen LogP contribution < -0.4 is 4.74 Å². The molecule has 1 saturated carbocycles. The molecule has 0 heterocycles. The summed E-state index contributed by atoms with van der Waals surface area (Å²) in [6.07, 6.45) is 3.69. The monoisotopic (exact) mass is 347 g/mol. The normalized spacial score (nSPS) is 21.4. The van der Waals surface area contributed by atoms with Gasteiger partial charge in [0.15, 0.2) is 0 Å². The minimum atomic E-state index is -0.770. The SMILES string of the molecule is COc1ccc(CC(C)CN(C)C(=O)C2CCCC(C(=O)O)C2)cc1. The van der Waals surface area contributed by atoms with E-state index in [1.807, 2.05) is 19.2 Å². The standard InChI is InChI=1S/C20H29NO4/c1-14(11-15-7-9-18(25-3)10-8-15)13-21(2)19(22)16-5-4-6-17(12-16)20(23)24/h7-10,14,16-17H,4-6,11-13H2,1-3H3,(H,23,24). The molecule has 1 aliphatic carbocycles. The lowest BCUT2D eigenvalue weighted by atomic mass is 9.80. The van der Waals surface area contributed by atoms with E-state index in [0.29, 0.717) is 25.3 Å². The van der Waals surface area contributed by atoms with Crippen molar-refractivity contribution in [1.29, 1.82) is 0 Å². The number of carbonyl (C=O) groups is 2. The summed E-state index contributed by atoms with van der Waals surface area (Å²) in [7, 11) is 3.48. The fourth-order valence-electron chi connectivity index (χ4n) is 3.74. The van der Waals surface area contributed by atoms with Crippen LogP contribution in [-0.2, 0) is 16.0 Å². The summed E-state index contributed by atoms with van der Waals surface area (Å²) < 4.78 is 5.17. The van der Waals surface area contributed by atoms with Crippen LogP contribution in [0.3, 0.4) is 0 Å². The Kier molecular flexibility index (Phi) is 6.85. The van der Waals surface area contributed by atoms with Crippen LogP contribution in [0.25, 0.3) is 0 Å². The molecule has 5 heteroatoms. The molecular formula is C20H29NO4. The number of carboxylic acid groups (broad SMARTS) is 1. The number of nitrogens with zero attached hydrogens (tertiary/aromatic N) is 1. The van der Waals surface area contributed by atoms with E-state index in [-0.39, 0.29) is 17.7 Å². The van der Waals surface area contributed by atoms with Crippen LogP contribution in [-0.4, -0.2) is 42.6 Å². The lowest BCUT2D eigenvalue weighted by Gasteiger charge is -2.30. The second-order valence-electron chi connectivity index (χ2n) is 7.27. The Morgan fingerprint density at radius 1 is 1.24 bits per heavy atom. The average Bonchev–Trinajstić information content (AvgIpc) is 2.61. The van der Waals surface area contributed by atoms with Gasteiger partial charge in [0, 0.05) is 19.5 Å². The molecule has 1 N–H and O–H groups in total. The van der Waals surface area contributed by atoms with E-state index in [0.717, 1.165) is 25.0 Å². The molecule has 0 saturated heterocycles. The smallest absolute Gasteiger partial charge is 0.306 e. The van der Waals surface area contributed by atoms with Gasteiger partial charge >= 0.3 is 5.97 Å². The molecule has 1 fully saturated rings. The third-order valence-corrected chi connectivity index (χ3v) is 5.08. The first-order valence-electron chi connectivity index (χ1n) is 9.01. The molecule has 1 aromatic carbocycles. The molecule has 0 radical (unpaired) electrons. The molecule has 5 nitrogen and oxygen atoms in total. The molecule has 0 bridgehead atoms. The molecule has 1 amide bonds. The van der Waals surface area contributed by atoms with Crippen molar-refractivity contribution >= 4 is 11.9 Å². The molecule has 138 valence electrons. The summed E-state index contributed by atoms with van der Waals surface area (Å²) >= 11 is 0. The molecule has 1 aromatic rings. The molecule has 2 rings (SSSR count). The predicted molar refractivity (Wildman–Crippen MR) is 96.6 cm³/mol. The van der Waals surface area contributed by atoms with E-state index in [9.17, 15) is 14.7 Å². The van der Waals surface area contributed by atoms with Gasteiger partial charge in [0.05, 0.1) is 13.0 Å². The second-order valence-corrected chi connectivity index (χ2v) is 7.27. The maximum absolute atomic E-state index is 12.7. The zero-order valence-electron chi connectivity index (χ0n) is 15.4. The third-order valence-electron chi connectivity index (χ3n) is 5.08. The Balaban J connectivity index is 1.85. The lowest BCUT2D eigenvalue weighted by molar-refractivity contribution is -0.145. The molecule has 1 aliphatic rings. The highest BCUT2D eigenvalue weighted by molar-refractivity contribution is 5.80. The van der Waals surface area contributed by atoms with Crippen LogP contribution in [0.4, 0.5) is 0 Å². The van der Waals surface area contributed by atoms with E-state index in [1.54, 1.807) is 12.0 Å². The number of aliphatic carboxylic acids is 1. The highest BCUT2D eigenvalue weighted by atomic mass is 16.5. The van der Waals surface area contributed by atoms with Crippen LogP contribution in [0.15, 0.2) is 24.3 Å². The summed E-state index contributed by atoms with van der Waals surface area (Å²) in [4.78, 5) is 25.6. The van der Waals surface area contributed by atoms with Crippen LogP contribution in [0.1, 0.15) is 38.2 Å². The topological polar surface area (TPSA) is 66.8 Å². The highest BCUT2D eigenvalue weighted by Crippen LogP contribution is 2.30. The number of amides is 1. The maximum Gasteiger partial charge on any atom is 0.306 e. The fourth-order valence-corrected chi connectivity index (χ4v) is 3.74. The van der Waals surface area contributed by atoms with Gasteiger partial charge in [0.2, 0.25) is 5.91 Å². The van der Waals surface area contributed by atoms with Gasteiger partial charge < -0.3 is 14.7 Å². The second kappa shape index (κ2) is 8.88. The Bertz CT molecular complexity index is 584. The predicted octanol–water partition coefficient (Wildman–Crippen LogP) is 3.22. The van der Waals surface area contributed by atoms with Gasteiger partial charge in [-0.15, -0.1) is 0 Å². The van der Waals surface area contributed by atoms with E-state index in [4.69, 9.17) is 4.74 Å². The quantitative estimate of drug-likeness (QED) is 0.822. The van der Waals surface area contributed by atoms with Gasteiger partial charge in [0.25, 0.3) is 0 Å². The van der Waals surface area contributed by atoms with Crippen molar-refractivity contribution in [3.63, 3.8) is 0 Å². The number of rotatable bonds is 7. The number of methoxy groups -OCH3 is 1. The first-order valence-corrected chi connectivity index (χ1v) is 9.01. The van der Waals surface area contributed by atoms with Crippen molar-refractivity contribution in [3.05, 3.63) is 29.8 Å². The van der Waals surface area contributed by atoms with Crippen LogP contribution >= 0.6 is 0 Å². The van der Waals surface area contributed by atoms with Gasteiger partial charge in [-0.3, -0.25) is 9.59 Å². The molecule has 25 heavy (non-hydrogen) atoms. The van der Waals surface area contributed by atoms with Crippen LogP contribution in [0.2, 0.25) is 0 Å². The summed E-state index contributed by atoms with van der Waals surface area (Å²) in [6.45, 7) is 2.81. The highest BCUT2D eigenvalue weighted by Gasteiger charge is 2.32. The molecule has 3 atom stereocenters. The largest absolute Gasteiger partial charge is 0.497 e. The zero-order valence-corrected chi connectivity index (χ0v) is 15.4. The minimum absolute atomic E-state index is 0.0903. The third kappa shape index (κ3) is 5.48. The van der Waals surface area contributed by atoms with E-state index in [1.165, 1.54) is 5.56 Å². The van der Waals surface area contributed by atoms with Gasteiger partial charge in [-0.2, -0.15) is 0 Å². The fraction of sp³-hybridized carbons (Fsp3) is 0.600.